The van der Waals surface area contributed by atoms with Gasteiger partial charge in [-0.2, -0.15) is 4.31 Å². The van der Waals surface area contributed by atoms with Crippen molar-refractivity contribution in [2.75, 3.05) is 42.9 Å². The monoisotopic (exact) mass is 492 g/mol. The second kappa shape index (κ2) is 11.6. The van der Waals surface area contributed by atoms with Crippen molar-refractivity contribution in [2.24, 2.45) is 0 Å². The van der Waals surface area contributed by atoms with Crippen LogP contribution in [0.2, 0.25) is 0 Å². The molecule has 1 saturated heterocycles. The fourth-order valence-corrected chi connectivity index (χ4v) is 6.01. The summed E-state index contributed by atoms with van der Waals surface area (Å²) in [6, 6.07) is 8.55. The van der Waals surface area contributed by atoms with E-state index in [9.17, 15) is 18.0 Å². The van der Waals surface area contributed by atoms with Crippen molar-refractivity contribution in [3.63, 3.8) is 0 Å². The molecule has 1 aliphatic rings. The normalized spacial score (nSPS) is 14.0. The Bertz CT molecular complexity index is 1040. The molecule has 8 nitrogen and oxygen atoms in total. The van der Waals surface area contributed by atoms with Crippen molar-refractivity contribution in [3.8, 4) is 0 Å². The van der Waals surface area contributed by atoms with Gasteiger partial charge in [-0.3, -0.25) is 9.59 Å². The Balaban J connectivity index is 1.68. The van der Waals surface area contributed by atoms with Crippen molar-refractivity contribution >= 4 is 44.5 Å². The van der Waals surface area contributed by atoms with Crippen LogP contribution in [-0.2, 0) is 14.8 Å². The van der Waals surface area contributed by atoms with Gasteiger partial charge in [-0.25, -0.2) is 8.42 Å². The third-order valence-corrected chi connectivity index (χ3v) is 8.56. The molecular weight excluding hydrogens is 460 g/mol. The minimum Gasteiger partial charge on any atom is -0.370 e. The van der Waals surface area contributed by atoms with Crippen LogP contribution in [0.4, 0.5) is 11.4 Å². The summed E-state index contributed by atoms with van der Waals surface area (Å²) in [4.78, 5) is 27.6. The van der Waals surface area contributed by atoms with Gasteiger partial charge < -0.3 is 15.5 Å². The molecular formula is C23H32N4O4S2. The van der Waals surface area contributed by atoms with Gasteiger partial charge in [0.2, 0.25) is 15.9 Å². The summed E-state index contributed by atoms with van der Waals surface area (Å²) in [6.07, 6.45) is 2.84. The van der Waals surface area contributed by atoms with Gasteiger partial charge in [0.05, 0.1) is 21.1 Å². The lowest BCUT2D eigenvalue weighted by atomic mass is 10.2. The van der Waals surface area contributed by atoms with Crippen LogP contribution in [0.15, 0.2) is 40.6 Å². The first-order chi connectivity index (χ1) is 15.9. The highest BCUT2D eigenvalue weighted by Crippen LogP contribution is 2.32. The lowest BCUT2D eigenvalue weighted by molar-refractivity contribution is -0.116. The van der Waals surface area contributed by atoms with Crippen LogP contribution in [0, 0.1) is 0 Å². The number of nitrogens with zero attached hydrogens (tertiary/aromatic N) is 2. The SMILES string of the molecule is CCN(CC)S(=O)(=O)c1ccc(N2CCCC2)c(NC(=O)CCCNC(=O)c2cccs2)c1. The number of carbonyl (C=O) groups excluding carboxylic acids is 2. The molecule has 180 valence electrons. The zero-order chi connectivity index (χ0) is 23.8. The van der Waals surface area contributed by atoms with E-state index in [1.165, 1.54) is 15.6 Å². The molecule has 2 aromatic rings. The quantitative estimate of drug-likeness (QED) is 0.468. The van der Waals surface area contributed by atoms with Crippen molar-refractivity contribution < 1.29 is 18.0 Å². The molecule has 1 aromatic heterocycles. The first-order valence-electron chi connectivity index (χ1n) is 11.4. The summed E-state index contributed by atoms with van der Waals surface area (Å²) in [5, 5.41) is 7.57. The number of amides is 2. The molecule has 0 aliphatic carbocycles. The molecule has 0 bridgehead atoms. The van der Waals surface area contributed by atoms with E-state index in [0.717, 1.165) is 31.6 Å². The minimum absolute atomic E-state index is 0.143. The predicted molar refractivity (Wildman–Crippen MR) is 133 cm³/mol. The number of hydrogen-bond donors (Lipinski definition) is 2. The second-order valence-electron chi connectivity index (χ2n) is 7.85. The number of hydrogen-bond acceptors (Lipinski definition) is 6. The van der Waals surface area contributed by atoms with E-state index in [2.05, 4.69) is 15.5 Å². The van der Waals surface area contributed by atoms with Crippen LogP contribution in [0.1, 0.15) is 49.2 Å². The highest BCUT2D eigenvalue weighted by molar-refractivity contribution is 7.89. The summed E-state index contributed by atoms with van der Waals surface area (Å²) in [7, 11) is -3.63. The Morgan fingerprint density at radius 1 is 1.12 bits per heavy atom. The van der Waals surface area contributed by atoms with E-state index >= 15 is 0 Å². The molecule has 2 amide bonds. The van der Waals surface area contributed by atoms with Crippen LogP contribution in [0.3, 0.4) is 0 Å². The maximum atomic E-state index is 13.0. The van der Waals surface area contributed by atoms with Crippen molar-refractivity contribution in [2.45, 2.75) is 44.4 Å². The molecule has 1 aliphatic heterocycles. The Morgan fingerprint density at radius 2 is 1.85 bits per heavy atom. The summed E-state index contributed by atoms with van der Waals surface area (Å²) < 4.78 is 27.4. The number of benzene rings is 1. The summed E-state index contributed by atoms with van der Waals surface area (Å²) >= 11 is 1.37. The van der Waals surface area contributed by atoms with Gasteiger partial charge in [-0.05, 0) is 48.9 Å². The fraction of sp³-hybridized carbons (Fsp3) is 0.478. The van der Waals surface area contributed by atoms with E-state index in [0.29, 0.717) is 36.6 Å². The summed E-state index contributed by atoms with van der Waals surface area (Å²) in [6.45, 7) is 6.51. The van der Waals surface area contributed by atoms with Crippen LogP contribution in [0.5, 0.6) is 0 Å². The fourth-order valence-electron chi connectivity index (χ4n) is 3.88. The molecule has 33 heavy (non-hydrogen) atoms. The maximum absolute atomic E-state index is 13.0. The average Bonchev–Trinajstić information content (AvgIpc) is 3.52. The van der Waals surface area contributed by atoms with Crippen LogP contribution in [-0.4, -0.2) is 57.3 Å². The molecule has 3 rings (SSSR count). The number of carbonyl (C=O) groups is 2. The number of anilines is 2. The van der Waals surface area contributed by atoms with Crippen molar-refractivity contribution in [1.29, 1.82) is 0 Å². The molecule has 1 aromatic carbocycles. The van der Waals surface area contributed by atoms with E-state index in [1.54, 1.807) is 38.1 Å². The molecule has 10 heteroatoms. The maximum Gasteiger partial charge on any atom is 0.261 e. The Hall–Kier alpha value is -2.43. The lowest BCUT2D eigenvalue weighted by Gasteiger charge is -2.24. The highest BCUT2D eigenvalue weighted by atomic mass is 32.2. The van der Waals surface area contributed by atoms with Gasteiger partial charge in [-0.15, -0.1) is 11.3 Å². The van der Waals surface area contributed by atoms with Gasteiger partial charge in [-0.1, -0.05) is 19.9 Å². The highest BCUT2D eigenvalue weighted by Gasteiger charge is 2.25. The van der Waals surface area contributed by atoms with Gasteiger partial charge >= 0.3 is 0 Å². The van der Waals surface area contributed by atoms with Gasteiger partial charge in [0.15, 0.2) is 0 Å². The molecule has 1 fully saturated rings. The lowest BCUT2D eigenvalue weighted by Crippen LogP contribution is -2.31. The van der Waals surface area contributed by atoms with Crippen LogP contribution >= 0.6 is 11.3 Å². The number of thiophene rings is 1. The molecule has 0 atom stereocenters. The van der Waals surface area contributed by atoms with Crippen molar-refractivity contribution in [1.82, 2.24) is 9.62 Å². The predicted octanol–water partition coefficient (Wildman–Crippen LogP) is 3.53. The third kappa shape index (κ3) is 6.33. The summed E-state index contributed by atoms with van der Waals surface area (Å²) in [5.41, 5.74) is 1.35. The largest absolute Gasteiger partial charge is 0.370 e. The Kier molecular flexibility index (Phi) is 8.87. The van der Waals surface area contributed by atoms with E-state index in [1.807, 2.05) is 11.4 Å². The van der Waals surface area contributed by atoms with Gasteiger partial charge in [0, 0.05) is 39.1 Å². The number of rotatable bonds is 11. The average molecular weight is 493 g/mol. The second-order valence-corrected chi connectivity index (χ2v) is 10.7. The smallest absolute Gasteiger partial charge is 0.261 e. The zero-order valence-electron chi connectivity index (χ0n) is 19.2. The zero-order valence-corrected chi connectivity index (χ0v) is 20.8. The molecule has 0 spiro atoms. The van der Waals surface area contributed by atoms with Gasteiger partial charge in [0.1, 0.15) is 0 Å². The molecule has 2 heterocycles. The van der Waals surface area contributed by atoms with E-state index in [-0.39, 0.29) is 23.1 Å². The first kappa shape index (κ1) is 25.2. The first-order valence-corrected chi connectivity index (χ1v) is 13.7. The molecule has 0 radical (unpaired) electrons. The topological polar surface area (TPSA) is 98.8 Å². The third-order valence-electron chi connectivity index (χ3n) is 5.64. The van der Waals surface area contributed by atoms with Crippen LogP contribution < -0.4 is 15.5 Å². The Labute approximate surface area is 200 Å². The minimum atomic E-state index is -3.63. The molecule has 2 N–H and O–H groups in total. The van der Waals surface area contributed by atoms with E-state index in [4.69, 9.17) is 0 Å². The molecule has 0 unspecified atom stereocenters. The van der Waals surface area contributed by atoms with Gasteiger partial charge in [0.25, 0.3) is 5.91 Å². The summed E-state index contributed by atoms with van der Waals surface area (Å²) in [5.74, 6) is -0.353. The van der Waals surface area contributed by atoms with E-state index < -0.39 is 10.0 Å². The van der Waals surface area contributed by atoms with Crippen molar-refractivity contribution in [3.05, 3.63) is 40.6 Å². The Morgan fingerprint density at radius 3 is 2.48 bits per heavy atom. The number of sulfonamides is 1. The molecule has 0 saturated carbocycles. The van der Waals surface area contributed by atoms with Crippen LogP contribution in [0.25, 0.3) is 0 Å². The number of nitrogens with one attached hydrogen (secondary N) is 2. The standard InChI is InChI=1S/C23H32N4O4S2/c1-3-27(4-2)33(30,31)18-11-12-20(26-14-5-6-15-26)19(17-18)25-22(28)10-7-13-24-23(29)21-9-8-16-32-21/h8-9,11-12,16-17H,3-7,10,13-15H2,1-2H3,(H,24,29)(H,25,28).